The highest BCUT2D eigenvalue weighted by atomic mass is 32.2. The summed E-state index contributed by atoms with van der Waals surface area (Å²) in [6.45, 7) is 11.9. The molecule has 31 heavy (non-hydrogen) atoms. The summed E-state index contributed by atoms with van der Waals surface area (Å²) < 4.78 is 15.0. The van der Waals surface area contributed by atoms with E-state index in [4.69, 9.17) is 9.47 Å². The van der Waals surface area contributed by atoms with Crippen molar-refractivity contribution in [3.8, 4) is 0 Å². The number of likely N-dealkylation sites (N-methyl/N-ethyl adjacent to an activating group) is 1. The van der Waals surface area contributed by atoms with Crippen LogP contribution in [0.15, 0.2) is 29.0 Å². The van der Waals surface area contributed by atoms with E-state index in [1.165, 1.54) is 5.57 Å². The minimum atomic E-state index is -0.565. The molecule has 3 aliphatic heterocycles. The zero-order valence-corrected chi connectivity index (χ0v) is 20.1. The first-order chi connectivity index (χ1) is 14.6. The average molecular weight is 454 g/mol. The van der Waals surface area contributed by atoms with Crippen molar-refractivity contribution in [2.45, 2.75) is 39.3 Å². The SMILES string of the molecule is CC(C)(C)OC(=O)NCC=O.COC1=NC=C(C)C2C1C=CN2SN1CCN(C)CC1. The number of amides is 1. The van der Waals surface area contributed by atoms with Crippen molar-refractivity contribution in [2.75, 3.05) is 46.9 Å². The number of aldehydes is 1. The Hall–Kier alpha value is -2.04. The summed E-state index contributed by atoms with van der Waals surface area (Å²) >= 11 is 1.83. The number of hydrogen-bond donors (Lipinski definition) is 1. The summed E-state index contributed by atoms with van der Waals surface area (Å²) in [6.07, 6.45) is 6.35. The fraction of sp³-hybridized carbons (Fsp3) is 0.667. The molecule has 0 aliphatic carbocycles. The molecule has 3 rings (SSSR count). The van der Waals surface area contributed by atoms with Gasteiger partial charge in [-0.3, -0.25) is 0 Å². The summed E-state index contributed by atoms with van der Waals surface area (Å²) in [5, 5.41) is 2.26. The van der Waals surface area contributed by atoms with Crippen LogP contribution in [-0.4, -0.2) is 90.3 Å². The van der Waals surface area contributed by atoms with Gasteiger partial charge >= 0.3 is 6.09 Å². The van der Waals surface area contributed by atoms with Crippen molar-refractivity contribution in [1.82, 2.24) is 18.8 Å². The molecule has 3 aliphatic rings. The van der Waals surface area contributed by atoms with Gasteiger partial charge in [0.25, 0.3) is 0 Å². The standard InChI is InChI=1S/C14H22N4OS.C7H13NO3/c1-11-10-15-14(19-3)12-4-5-18(13(11)12)20-17-8-6-16(2)7-9-17;1-7(2,3)11-6(10)8-4-5-9/h4-5,10,12-13H,6-9H2,1-3H3;5H,4H2,1-3H3,(H,8,10). The van der Waals surface area contributed by atoms with Gasteiger partial charge in [0, 0.05) is 50.7 Å². The molecule has 1 N–H and O–H groups in total. The van der Waals surface area contributed by atoms with Gasteiger partial charge < -0.3 is 28.8 Å². The lowest BCUT2D eigenvalue weighted by atomic mass is 9.94. The Morgan fingerprint density at radius 3 is 2.58 bits per heavy atom. The lowest BCUT2D eigenvalue weighted by Crippen LogP contribution is -2.44. The Bertz CT molecular complexity index is 711. The van der Waals surface area contributed by atoms with Crippen LogP contribution in [0.3, 0.4) is 0 Å². The Kier molecular flexibility index (Phi) is 9.39. The molecule has 0 radical (unpaired) electrons. The second-order valence-corrected chi connectivity index (χ2v) is 9.68. The number of nitrogens with one attached hydrogen (secondary N) is 1. The van der Waals surface area contributed by atoms with Crippen LogP contribution in [-0.2, 0) is 14.3 Å². The molecule has 3 heterocycles. The first-order valence-corrected chi connectivity index (χ1v) is 11.1. The van der Waals surface area contributed by atoms with Crippen LogP contribution in [0.5, 0.6) is 0 Å². The van der Waals surface area contributed by atoms with E-state index in [2.05, 4.69) is 50.1 Å². The third kappa shape index (κ3) is 7.86. The van der Waals surface area contributed by atoms with Crippen molar-refractivity contribution in [3.05, 3.63) is 24.0 Å². The third-order valence-electron chi connectivity index (χ3n) is 4.81. The van der Waals surface area contributed by atoms with Gasteiger partial charge in [-0.1, -0.05) is 6.08 Å². The molecule has 0 spiro atoms. The molecule has 2 atom stereocenters. The number of fused-ring (bicyclic) bond motifs is 1. The summed E-state index contributed by atoms with van der Waals surface area (Å²) in [5.41, 5.74) is 0.787. The second kappa shape index (κ2) is 11.5. The molecular formula is C21H35N5O4S. The van der Waals surface area contributed by atoms with E-state index < -0.39 is 11.7 Å². The molecule has 1 amide bonds. The molecule has 2 unspecified atom stereocenters. The summed E-state index contributed by atoms with van der Waals surface area (Å²) in [6, 6.07) is 0.340. The number of carbonyl (C=O) groups excluding carboxylic acids is 2. The van der Waals surface area contributed by atoms with E-state index >= 15 is 0 Å². The molecule has 0 bridgehead atoms. The fourth-order valence-corrected chi connectivity index (χ4v) is 4.39. The predicted molar refractivity (Wildman–Crippen MR) is 123 cm³/mol. The van der Waals surface area contributed by atoms with E-state index in [0.717, 1.165) is 32.1 Å². The van der Waals surface area contributed by atoms with Crippen LogP contribution in [0, 0.1) is 5.92 Å². The number of piperazine rings is 1. The lowest BCUT2D eigenvalue weighted by Gasteiger charge is -2.37. The van der Waals surface area contributed by atoms with E-state index in [-0.39, 0.29) is 12.5 Å². The van der Waals surface area contributed by atoms with E-state index in [0.29, 0.717) is 12.3 Å². The number of aliphatic imine (C=N–C) groups is 1. The van der Waals surface area contributed by atoms with Crippen molar-refractivity contribution in [2.24, 2.45) is 10.9 Å². The number of rotatable bonds is 4. The molecule has 0 aromatic heterocycles. The summed E-state index contributed by atoms with van der Waals surface area (Å²) in [7, 11) is 3.89. The Morgan fingerprint density at radius 1 is 1.32 bits per heavy atom. The first kappa shape index (κ1) is 25.2. The minimum absolute atomic E-state index is 0.00505. The topological polar surface area (TPSA) is 86.7 Å². The molecule has 10 heteroatoms. The molecule has 0 aromatic carbocycles. The van der Waals surface area contributed by atoms with E-state index in [9.17, 15) is 9.59 Å². The minimum Gasteiger partial charge on any atom is -0.484 e. The maximum Gasteiger partial charge on any atom is 0.408 e. The van der Waals surface area contributed by atoms with Crippen LogP contribution < -0.4 is 5.32 Å². The zero-order chi connectivity index (χ0) is 23.0. The average Bonchev–Trinajstić information content (AvgIpc) is 3.12. The van der Waals surface area contributed by atoms with E-state index in [1.54, 1.807) is 27.9 Å². The number of methoxy groups -OCH3 is 1. The molecule has 0 saturated carbocycles. The number of carbonyl (C=O) groups is 2. The normalized spacial score (nSPS) is 23.7. The molecular weight excluding hydrogens is 418 g/mol. The van der Waals surface area contributed by atoms with Crippen LogP contribution in [0.4, 0.5) is 4.79 Å². The largest absolute Gasteiger partial charge is 0.484 e. The van der Waals surface area contributed by atoms with Crippen molar-refractivity contribution in [1.29, 1.82) is 0 Å². The van der Waals surface area contributed by atoms with Gasteiger partial charge in [0.1, 0.15) is 11.9 Å². The van der Waals surface area contributed by atoms with Gasteiger partial charge in [-0.15, -0.1) is 0 Å². The number of alkyl carbamates (subject to hydrolysis) is 1. The van der Waals surface area contributed by atoms with Crippen LogP contribution in [0.2, 0.25) is 0 Å². The van der Waals surface area contributed by atoms with Crippen molar-refractivity contribution < 1.29 is 19.1 Å². The number of nitrogens with zero attached hydrogens (tertiary/aromatic N) is 4. The first-order valence-electron chi connectivity index (χ1n) is 10.4. The Morgan fingerprint density at radius 2 is 2.00 bits per heavy atom. The Labute approximate surface area is 189 Å². The van der Waals surface area contributed by atoms with Crippen LogP contribution in [0.25, 0.3) is 0 Å². The Balaban J connectivity index is 0.000000267. The molecule has 1 fully saturated rings. The van der Waals surface area contributed by atoms with Crippen LogP contribution >= 0.6 is 12.1 Å². The molecule has 174 valence electrons. The summed E-state index contributed by atoms with van der Waals surface area (Å²) in [5.74, 6) is 1.07. The van der Waals surface area contributed by atoms with Crippen molar-refractivity contribution >= 4 is 30.4 Å². The highest BCUT2D eigenvalue weighted by molar-refractivity contribution is 7.94. The van der Waals surface area contributed by atoms with Crippen molar-refractivity contribution in [3.63, 3.8) is 0 Å². The maximum absolute atomic E-state index is 10.7. The van der Waals surface area contributed by atoms with Gasteiger partial charge in [0.05, 0.1) is 25.6 Å². The number of hydrogen-bond acceptors (Lipinski definition) is 9. The fourth-order valence-electron chi connectivity index (χ4n) is 3.27. The summed E-state index contributed by atoms with van der Waals surface area (Å²) in [4.78, 5) is 27.3. The van der Waals surface area contributed by atoms with Gasteiger partial charge in [-0.25, -0.2) is 14.1 Å². The van der Waals surface area contributed by atoms with Gasteiger partial charge in [-0.2, -0.15) is 0 Å². The van der Waals surface area contributed by atoms with Crippen LogP contribution in [0.1, 0.15) is 27.7 Å². The van der Waals surface area contributed by atoms with Gasteiger partial charge in [0.2, 0.25) is 0 Å². The highest BCUT2D eigenvalue weighted by Gasteiger charge is 2.38. The molecule has 0 aromatic rings. The lowest BCUT2D eigenvalue weighted by molar-refractivity contribution is -0.107. The second-order valence-electron chi connectivity index (χ2n) is 8.58. The monoisotopic (exact) mass is 453 g/mol. The quantitative estimate of drug-likeness (QED) is 0.513. The molecule has 1 saturated heterocycles. The van der Waals surface area contributed by atoms with Gasteiger partial charge in [0.15, 0.2) is 5.90 Å². The predicted octanol–water partition coefficient (Wildman–Crippen LogP) is 2.28. The number of ether oxygens (including phenoxy) is 2. The zero-order valence-electron chi connectivity index (χ0n) is 19.3. The van der Waals surface area contributed by atoms with Gasteiger partial charge in [-0.05, 0) is 40.3 Å². The van der Waals surface area contributed by atoms with E-state index in [1.807, 2.05) is 18.3 Å². The third-order valence-corrected chi connectivity index (χ3v) is 5.94. The molecule has 9 nitrogen and oxygen atoms in total. The smallest absolute Gasteiger partial charge is 0.408 e. The highest BCUT2D eigenvalue weighted by Crippen LogP contribution is 2.37. The maximum atomic E-state index is 10.7.